The van der Waals surface area contributed by atoms with E-state index < -0.39 is 0 Å². The molecular weight excluding hydrogens is 297 g/mol. The number of hydrogen-bond donors (Lipinski definition) is 1. The average Bonchev–Trinajstić information content (AvgIpc) is 2.79. The Labute approximate surface area is 116 Å². The van der Waals surface area contributed by atoms with Crippen LogP contribution in [0, 0.1) is 5.82 Å². The first-order valence-corrected chi connectivity index (χ1v) is 6.97. The van der Waals surface area contributed by atoms with Crippen LogP contribution in [0.5, 0.6) is 0 Å². The minimum Gasteiger partial charge on any atom is -0.299 e. The monoisotopic (exact) mass is 303 g/mol. The molecule has 0 saturated carbocycles. The summed E-state index contributed by atoms with van der Waals surface area (Å²) >= 11 is 7.93. The van der Waals surface area contributed by atoms with E-state index in [0.29, 0.717) is 9.47 Å². The van der Waals surface area contributed by atoms with Gasteiger partial charge >= 0.3 is 0 Å². The molecule has 1 N–H and O–H groups in total. The van der Waals surface area contributed by atoms with Crippen LogP contribution >= 0.6 is 34.7 Å². The van der Waals surface area contributed by atoms with Crippen LogP contribution in [0.4, 0.5) is 9.52 Å². The summed E-state index contributed by atoms with van der Waals surface area (Å²) in [6, 6.07) is 6.05. The number of amides is 1. The summed E-state index contributed by atoms with van der Waals surface area (Å²) in [5.41, 5.74) is 0. The lowest BCUT2D eigenvalue weighted by molar-refractivity contribution is -0.113. The number of halogens is 2. The van der Waals surface area contributed by atoms with Gasteiger partial charge in [-0.3, -0.25) is 10.1 Å². The molecule has 0 bridgehead atoms. The second-order valence-electron chi connectivity index (χ2n) is 3.11. The Balaban J connectivity index is 2.02. The maximum absolute atomic E-state index is 12.7. The number of anilines is 1. The molecule has 0 aliphatic carbocycles. The Morgan fingerprint density at radius 1 is 1.39 bits per heavy atom. The van der Waals surface area contributed by atoms with Gasteiger partial charge < -0.3 is 0 Å². The van der Waals surface area contributed by atoms with Crippen LogP contribution in [0.2, 0.25) is 0 Å². The highest BCUT2D eigenvalue weighted by Crippen LogP contribution is 2.31. The van der Waals surface area contributed by atoms with Crippen LogP contribution in [0.1, 0.15) is 0 Å². The zero-order valence-electron chi connectivity index (χ0n) is 8.89. The maximum atomic E-state index is 12.7. The van der Waals surface area contributed by atoms with Gasteiger partial charge in [-0.25, -0.2) is 4.39 Å². The average molecular weight is 304 g/mol. The van der Waals surface area contributed by atoms with Crippen molar-refractivity contribution < 1.29 is 9.18 Å². The molecule has 8 heteroatoms. The van der Waals surface area contributed by atoms with Crippen molar-refractivity contribution in [2.45, 2.75) is 9.24 Å². The highest BCUT2D eigenvalue weighted by molar-refractivity contribution is 8.01. The second kappa shape index (κ2) is 6.12. The van der Waals surface area contributed by atoms with Crippen molar-refractivity contribution in [3.05, 3.63) is 30.1 Å². The van der Waals surface area contributed by atoms with E-state index in [-0.39, 0.29) is 17.6 Å². The predicted molar refractivity (Wildman–Crippen MR) is 69.8 cm³/mol. The van der Waals surface area contributed by atoms with Crippen molar-refractivity contribution in [2.24, 2.45) is 0 Å². The standard InChI is InChI=1S/C10H7ClFN3OS2/c11-5-8(16)13-9-14-15-10(18-9)17-7-3-1-6(12)2-4-7/h1-4H,5H2,(H,13,14,16). The number of aromatic nitrogens is 2. The minimum absolute atomic E-state index is 0.125. The van der Waals surface area contributed by atoms with E-state index in [1.807, 2.05) is 0 Å². The van der Waals surface area contributed by atoms with E-state index >= 15 is 0 Å². The zero-order chi connectivity index (χ0) is 13.0. The van der Waals surface area contributed by atoms with Crippen LogP contribution in [0.25, 0.3) is 0 Å². The molecule has 0 aliphatic rings. The summed E-state index contributed by atoms with van der Waals surface area (Å²) in [7, 11) is 0. The van der Waals surface area contributed by atoms with Crippen LogP contribution in [0.3, 0.4) is 0 Å². The largest absolute Gasteiger partial charge is 0.299 e. The third kappa shape index (κ3) is 3.66. The number of alkyl halides is 1. The number of nitrogens with zero attached hydrogens (tertiary/aromatic N) is 2. The van der Waals surface area contributed by atoms with E-state index in [9.17, 15) is 9.18 Å². The Bertz CT molecular complexity index is 546. The Morgan fingerprint density at radius 3 is 2.78 bits per heavy atom. The van der Waals surface area contributed by atoms with Crippen molar-refractivity contribution in [2.75, 3.05) is 11.2 Å². The SMILES string of the molecule is O=C(CCl)Nc1nnc(Sc2ccc(F)cc2)s1. The molecule has 0 radical (unpaired) electrons. The third-order valence-electron chi connectivity index (χ3n) is 1.79. The lowest BCUT2D eigenvalue weighted by Crippen LogP contribution is -2.12. The van der Waals surface area contributed by atoms with Gasteiger partial charge in [0.15, 0.2) is 4.34 Å². The quantitative estimate of drug-likeness (QED) is 0.697. The molecule has 4 nitrogen and oxygen atoms in total. The summed E-state index contributed by atoms with van der Waals surface area (Å²) in [5.74, 6) is -0.738. The van der Waals surface area contributed by atoms with Crippen molar-refractivity contribution in [3.63, 3.8) is 0 Å². The van der Waals surface area contributed by atoms with E-state index in [1.165, 1.54) is 35.2 Å². The van der Waals surface area contributed by atoms with Gasteiger partial charge in [-0.1, -0.05) is 23.1 Å². The van der Waals surface area contributed by atoms with E-state index in [0.717, 1.165) is 4.90 Å². The molecule has 0 aliphatic heterocycles. The van der Waals surface area contributed by atoms with Gasteiger partial charge in [-0.05, 0) is 24.3 Å². The fourth-order valence-electron chi connectivity index (χ4n) is 1.06. The van der Waals surface area contributed by atoms with Gasteiger partial charge in [0.2, 0.25) is 11.0 Å². The first-order valence-electron chi connectivity index (χ1n) is 4.80. The Hall–Kier alpha value is -1.18. The Kier molecular flexibility index (Phi) is 4.51. The van der Waals surface area contributed by atoms with Gasteiger partial charge in [0.05, 0.1) is 0 Å². The van der Waals surface area contributed by atoms with Crippen molar-refractivity contribution in [1.29, 1.82) is 0 Å². The van der Waals surface area contributed by atoms with Gasteiger partial charge in [-0.2, -0.15) is 0 Å². The molecule has 94 valence electrons. The fraction of sp³-hybridized carbons (Fsp3) is 0.100. The molecule has 1 amide bonds. The third-order valence-corrected chi connectivity index (χ3v) is 3.93. The van der Waals surface area contributed by atoms with Gasteiger partial charge in [0, 0.05) is 4.90 Å². The molecule has 1 aromatic heterocycles. The van der Waals surface area contributed by atoms with E-state index in [4.69, 9.17) is 11.6 Å². The summed E-state index contributed by atoms with van der Waals surface area (Å²) in [5, 5.41) is 10.6. The summed E-state index contributed by atoms with van der Waals surface area (Å²) in [6.45, 7) is 0. The van der Waals surface area contributed by atoms with Crippen molar-refractivity contribution in [1.82, 2.24) is 10.2 Å². The second-order valence-corrected chi connectivity index (χ2v) is 5.68. The summed E-state index contributed by atoms with van der Waals surface area (Å²) < 4.78 is 13.4. The van der Waals surface area contributed by atoms with Gasteiger partial charge in [0.25, 0.3) is 0 Å². The molecule has 0 unspecified atom stereocenters. The van der Waals surface area contributed by atoms with Crippen LogP contribution in [0.15, 0.2) is 33.5 Å². The molecule has 1 aromatic carbocycles. The fourth-order valence-corrected chi connectivity index (χ4v) is 2.87. The number of rotatable bonds is 4. The Morgan fingerprint density at radius 2 is 2.11 bits per heavy atom. The summed E-state index contributed by atoms with van der Waals surface area (Å²) in [4.78, 5) is 11.9. The smallest absolute Gasteiger partial charge is 0.241 e. The van der Waals surface area contributed by atoms with E-state index in [1.54, 1.807) is 12.1 Å². The normalized spacial score (nSPS) is 10.3. The van der Waals surface area contributed by atoms with Crippen molar-refractivity contribution in [3.8, 4) is 0 Å². The first-order chi connectivity index (χ1) is 8.67. The van der Waals surface area contributed by atoms with Crippen LogP contribution in [-0.4, -0.2) is 22.0 Å². The van der Waals surface area contributed by atoms with Gasteiger partial charge in [-0.15, -0.1) is 21.8 Å². The first kappa shape index (κ1) is 13.3. The highest BCUT2D eigenvalue weighted by Gasteiger charge is 2.08. The van der Waals surface area contributed by atoms with E-state index in [2.05, 4.69) is 15.5 Å². The molecular formula is C10H7ClFN3OS2. The predicted octanol–water partition coefficient (Wildman–Crippen LogP) is 3.01. The van der Waals surface area contributed by atoms with Crippen molar-refractivity contribution >= 4 is 45.7 Å². The molecule has 18 heavy (non-hydrogen) atoms. The number of carbonyl (C=O) groups excluding carboxylic acids is 1. The summed E-state index contributed by atoms with van der Waals surface area (Å²) in [6.07, 6.45) is 0. The minimum atomic E-state index is -0.328. The number of benzene rings is 1. The molecule has 0 saturated heterocycles. The number of hydrogen-bond acceptors (Lipinski definition) is 5. The highest BCUT2D eigenvalue weighted by atomic mass is 35.5. The number of nitrogens with one attached hydrogen (secondary N) is 1. The molecule has 2 rings (SSSR count). The number of carbonyl (C=O) groups is 1. The lowest BCUT2D eigenvalue weighted by Gasteiger charge is -1.96. The zero-order valence-corrected chi connectivity index (χ0v) is 11.3. The molecule has 0 spiro atoms. The molecule has 2 aromatic rings. The topological polar surface area (TPSA) is 54.9 Å². The van der Waals surface area contributed by atoms with Crippen LogP contribution in [-0.2, 0) is 4.79 Å². The van der Waals surface area contributed by atoms with Gasteiger partial charge in [0.1, 0.15) is 11.7 Å². The maximum Gasteiger partial charge on any atom is 0.241 e. The molecule has 0 atom stereocenters. The van der Waals surface area contributed by atoms with Crippen LogP contribution < -0.4 is 5.32 Å². The lowest BCUT2D eigenvalue weighted by atomic mass is 10.4. The molecule has 0 fully saturated rings. The molecule has 1 heterocycles.